The summed E-state index contributed by atoms with van der Waals surface area (Å²) >= 11 is 5.76. The van der Waals surface area contributed by atoms with Gasteiger partial charge < -0.3 is 9.47 Å². The molecule has 0 aliphatic heterocycles. The molecule has 2 N–H and O–H groups in total. The smallest absolute Gasteiger partial charge is 0.289 e. The maximum absolute atomic E-state index is 12.3. The van der Waals surface area contributed by atoms with Gasteiger partial charge in [0.2, 0.25) is 0 Å². The van der Waals surface area contributed by atoms with Crippen LogP contribution in [-0.4, -0.2) is 41.5 Å². The van der Waals surface area contributed by atoms with Gasteiger partial charge in [0.15, 0.2) is 11.5 Å². The number of nitro groups is 1. The quantitative estimate of drug-likeness (QED) is 0.336. The second-order valence-corrected chi connectivity index (χ2v) is 6.31. The summed E-state index contributed by atoms with van der Waals surface area (Å²) in [5, 5.41) is 21.5. The molecular formula is C19H16ClN5O5. The van der Waals surface area contributed by atoms with Crippen LogP contribution in [0, 0.1) is 10.1 Å². The van der Waals surface area contributed by atoms with Gasteiger partial charge in [-0.1, -0.05) is 17.7 Å². The molecule has 0 fully saturated rings. The Balaban J connectivity index is 1.71. The minimum atomic E-state index is -0.599. The van der Waals surface area contributed by atoms with E-state index in [-0.39, 0.29) is 16.4 Å². The van der Waals surface area contributed by atoms with Crippen LogP contribution in [0.15, 0.2) is 47.6 Å². The van der Waals surface area contributed by atoms with Crippen LogP contribution in [0.25, 0.3) is 11.3 Å². The van der Waals surface area contributed by atoms with Gasteiger partial charge in [0.05, 0.1) is 31.1 Å². The number of carbonyl (C=O) groups excluding carboxylic acids is 1. The number of carbonyl (C=O) groups is 1. The Morgan fingerprint density at radius 3 is 2.67 bits per heavy atom. The molecule has 1 aromatic heterocycles. The minimum Gasteiger partial charge on any atom is -0.493 e. The number of amides is 1. The normalized spacial score (nSPS) is 10.8. The van der Waals surface area contributed by atoms with Crippen molar-refractivity contribution in [2.75, 3.05) is 14.2 Å². The van der Waals surface area contributed by atoms with E-state index in [2.05, 4.69) is 20.7 Å². The summed E-state index contributed by atoms with van der Waals surface area (Å²) < 4.78 is 10.5. The molecule has 0 aliphatic rings. The van der Waals surface area contributed by atoms with Crippen LogP contribution in [0.2, 0.25) is 5.02 Å². The fourth-order valence-electron chi connectivity index (χ4n) is 2.56. The third kappa shape index (κ3) is 4.55. The lowest BCUT2D eigenvalue weighted by atomic mass is 10.1. The maximum Gasteiger partial charge on any atom is 0.289 e. The molecule has 1 heterocycles. The zero-order valence-electron chi connectivity index (χ0n) is 15.9. The number of hydrogen-bond donors (Lipinski definition) is 2. The second kappa shape index (κ2) is 9.05. The highest BCUT2D eigenvalue weighted by Crippen LogP contribution is 2.31. The number of aromatic nitrogens is 2. The van der Waals surface area contributed by atoms with Gasteiger partial charge in [-0.25, -0.2) is 5.43 Å². The van der Waals surface area contributed by atoms with Gasteiger partial charge >= 0.3 is 0 Å². The van der Waals surface area contributed by atoms with E-state index < -0.39 is 10.8 Å². The van der Waals surface area contributed by atoms with E-state index in [1.807, 2.05) is 0 Å². The molecule has 0 atom stereocenters. The van der Waals surface area contributed by atoms with Crippen LogP contribution < -0.4 is 14.9 Å². The predicted molar refractivity (Wildman–Crippen MR) is 110 cm³/mol. The van der Waals surface area contributed by atoms with Gasteiger partial charge in [-0.3, -0.25) is 20.0 Å². The number of nitrogens with one attached hydrogen (secondary N) is 2. The first-order valence-corrected chi connectivity index (χ1v) is 8.86. The number of nitro benzene ring substituents is 1. The fourth-order valence-corrected chi connectivity index (χ4v) is 2.74. The minimum absolute atomic E-state index is 0.0151. The van der Waals surface area contributed by atoms with E-state index in [0.29, 0.717) is 22.8 Å². The lowest BCUT2D eigenvalue weighted by Gasteiger charge is -2.08. The third-order valence-electron chi connectivity index (χ3n) is 4.05. The molecule has 0 saturated heterocycles. The first kappa shape index (κ1) is 20.8. The van der Waals surface area contributed by atoms with Crippen molar-refractivity contribution >= 4 is 29.4 Å². The second-order valence-electron chi connectivity index (χ2n) is 5.90. The molecule has 0 spiro atoms. The summed E-state index contributed by atoms with van der Waals surface area (Å²) in [5.41, 5.74) is 3.91. The van der Waals surface area contributed by atoms with Crippen LogP contribution in [0.5, 0.6) is 11.5 Å². The number of rotatable bonds is 7. The lowest BCUT2D eigenvalue weighted by molar-refractivity contribution is -0.384. The number of hydrazone groups is 1. The molecule has 3 rings (SSSR count). The van der Waals surface area contributed by atoms with Gasteiger partial charge in [0.1, 0.15) is 10.7 Å². The Kier molecular flexibility index (Phi) is 6.28. The average molecular weight is 430 g/mol. The van der Waals surface area contributed by atoms with Gasteiger partial charge in [-0.15, -0.1) is 0 Å². The third-order valence-corrected chi connectivity index (χ3v) is 4.37. The molecule has 1 amide bonds. The lowest BCUT2D eigenvalue weighted by Crippen LogP contribution is -2.18. The SMILES string of the molecule is COc1ccc(-c2cc(C(=O)N/N=C/c3ccc(Cl)c([N+](=O)[O-])c3)[nH]n2)cc1OC. The highest BCUT2D eigenvalue weighted by atomic mass is 35.5. The number of ether oxygens (including phenoxy) is 2. The van der Waals surface area contributed by atoms with E-state index in [1.54, 1.807) is 24.3 Å². The summed E-state index contributed by atoms with van der Waals surface area (Å²) in [6, 6.07) is 11.0. The van der Waals surface area contributed by atoms with Crippen molar-refractivity contribution in [3.63, 3.8) is 0 Å². The number of methoxy groups -OCH3 is 2. The topological polar surface area (TPSA) is 132 Å². The Morgan fingerprint density at radius 2 is 1.97 bits per heavy atom. The van der Waals surface area contributed by atoms with E-state index >= 15 is 0 Å². The van der Waals surface area contributed by atoms with Crippen molar-refractivity contribution < 1.29 is 19.2 Å². The molecule has 11 heteroatoms. The average Bonchev–Trinajstić information content (AvgIpc) is 3.24. The number of nitrogens with zero attached hydrogens (tertiary/aromatic N) is 3. The number of H-pyrrole nitrogens is 1. The van der Waals surface area contributed by atoms with Crippen LogP contribution >= 0.6 is 11.6 Å². The van der Waals surface area contributed by atoms with E-state index in [1.165, 1.54) is 38.6 Å². The zero-order chi connectivity index (χ0) is 21.7. The van der Waals surface area contributed by atoms with E-state index in [4.69, 9.17) is 21.1 Å². The van der Waals surface area contributed by atoms with Gasteiger partial charge in [-0.05, 0) is 30.3 Å². The zero-order valence-corrected chi connectivity index (χ0v) is 16.6. The van der Waals surface area contributed by atoms with Crippen molar-refractivity contribution in [2.45, 2.75) is 0 Å². The van der Waals surface area contributed by atoms with Gasteiger partial charge in [0.25, 0.3) is 11.6 Å². The molecule has 30 heavy (non-hydrogen) atoms. The van der Waals surface area contributed by atoms with Crippen LogP contribution in [0.3, 0.4) is 0 Å². The molecule has 0 saturated carbocycles. The first-order chi connectivity index (χ1) is 14.4. The predicted octanol–water partition coefficient (Wildman–Crippen LogP) is 3.42. The molecule has 0 unspecified atom stereocenters. The molecule has 10 nitrogen and oxygen atoms in total. The first-order valence-electron chi connectivity index (χ1n) is 8.48. The van der Waals surface area contributed by atoms with Crippen molar-refractivity contribution in [3.05, 3.63) is 68.9 Å². The molecule has 3 aromatic rings. The van der Waals surface area contributed by atoms with E-state index in [9.17, 15) is 14.9 Å². The summed E-state index contributed by atoms with van der Waals surface area (Å²) in [7, 11) is 3.07. The monoisotopic (exact) mass is 429 g/mol. The van der Waals surface area contributed by atoms with Crippen LogP contribution in [0.4, 0.5) is 5.69 Å². The summed E-state index contributed by atoms with van der Waals surface area (Å²) in [6.45, 7) is 0. The van der Waals surface area contributed by atoms with Gasteiger partial charge in [0, 0.05) is 17.2 Å². The molecule has 2 aromatic carbocycles. The molecule has 0 radical (unpaired) electrons. The number of benzene rings is 2. The van der Waals surface area contributed by atoms with Crippen molar-refractivity contribution in [1.29, 1.82) is 0 Å². The number of halogens is 1. The Labute approximate surface area is 175 Å². The van der Waals surface area contributed by atoms with Crippen LogP contribution in [-0.2, 0) is 0 Å². The highest BCUT2D eigenvalue weighted by Gasteiger charge is 2.14. The van der Waals surface area contributed by atoms with Crippen LogP contribution in [0.1, 0.15) is 16.1 Å². The van der Waals surface area contributed by atoms with E-state index in [0.717, 1.165) is 5.56 Å². The van der Waals surface area contributed by atoms with Crippen molar-refractivity contribution in [3.8, 4) is 22.8 Å². The number of aromatic amines is 1. The highest BCUT2D eigenvalue weighted by molar-refractivity contribution is 6.32. The van der Waals surface area contributed by atoms with Crippen molar-refractivity contribution in [2.24, 2.45) is 5.10 Å². The summed E-state index contributed by atoms with van der Waals surface area (Å²) in [5.74, 6) is 0.575. The largest absolute Gasteiger partial charge is 0.493 e. The van der Waals surface area contributed by atoms with Crippen molar-refractivity contribution in [1.82, 2.24) is 15.6 Å². The Bertz CT molecular complexity index is 1130. The molecule has 0 aliphatic carbocycles. The molecule has 154 valence electrons. The van der Waals surface area contributed by atoms with Gasteiger partial charge in [-0.2, -0.15) is 10.2 Å². The molecule has 0 bridgehead atoms. The summed E-state index contributed by atoms with van der Waals surface area (Å²) in [6.07, 6.45) is 1.27. The Morgan fingerprint density at radius 1 is 1.20 bits per heavy atom. The Hall–Kier alpha value is -3.92. The maximum atomic E-state index is 12.3. The fraction of sp³-hybridized carbons (Fsp3) is 0.105. The summed E-state index contributed by atoms with van der Waals surface area (Å²) in [4.78, 5) is 22.6. The standard InChI is InChI=1S/C19H16ClN5O5/c1-29-17-6-4-12(8-18(17)30-2)14-9-15(23-22-14)19(26)24-21-10-11-3-5-13(20)16(7-11)25(27)28/h3-10H,1-2H3,(H,22,23)(H,24,26)/b21-10+. The molecular weight excluding hydrogens is 414 g/mol. The number of hydrogen-bond acceptors (Lipinski definition) is 7.